The number of anilines is 2. The van der Waals surface area contributed by atoms with Gasteiger partial charge in [-0.1, -0.05) is 32.4 Å². The minimum atomic E-state index is -0.296. The molecule has 2 aromatic carbocycles. The van der Waals surface area contributed by atoms with Crippen LogP contribution < -0.4 is 10.2 Å². The third-order valence-corrected chi connectivity index (χ3v) is 5.76. The van der Waals surface area contributed by atoms with Gasteiger partial charge < -0.3 is 15.1 Å². The topological polar surface area (TPSA) is 52.7 Å². The quantitative estimate of drug-likeness (QED) is 0.660. The molecule has 31 heavy (non-hydrogen) atoms. The molecular formula is C25H32FN3O2. The summed E-state index contributed by atoms with van der Waals surface area (Å²) in [7, 11) is 3.92. The van der Waals surface area contributed by atoms with Crippen molar-refractivity contribution in [3.8, 4) is 0 Å². The number of hydrogen-bond acceptors (Lipinski definition) is 3. The standard InChI is InChI=1S/C25H32FN3O2/c1-17(2)25(31)29(15-18-8-10-21(26)11-9-18)16-20-14-22(12-13-23(20)28(3)4)27-24(30)19-6-5-7-19/h8-14,17,19H,5-7,15-16H2,1-4H3,(H,27,30). The van der Waals surface area contributed by atoms with Crippen LogP contribution in [0.1, 0.15) is 44.2 Å². The molecule has 1 aliphatic carbocycles. The minimum Gasteiger partial charge on any atom is -0.377 e. The van der Waals surface area contributed by atoms with Crippen LogP contribution in [0.15, 0.2) is 42.5 Å². The molecule has 0 aromatic heterocycles. The van der Waals surface area contributed by atoms with Crippen LogP contribution >= 0.6 is 0 Å². The maximum atomic E-state index is 13.3. The van der Waals surface area contributed by atoms with Crippen molar-refractivity contribution >= 4 is 23.2 Å². The summed E-state index contributed by atoms with van der Waals surface area (Å²) in [5.41, 5.74) is 3.56. The highest BCUT2D eigenvalue weighted by molar-refractivity contribution is 5.93. The second-order valence-electron chi connectivity index (χ2n) is 8.83. The van der Waals surface area contributed by atoms with Gasteiger partial charge in [-0.25, -0.2) is 4.39 Å². The van der Waals surface area contributed by atoms with E-state index in [2.05, 4.69) is 5.32 Å². The van der Waals surface area contributed by atoms with E-state index in [9.17, 15) is 14.0 Å². The van der Waals surface area contributed by atoms with Gasteiger partial charge in [-0.3, -0.25) is 9.59 Å². The van der Waals surface area contributed by atoms with Gasteiger partial charge in [0.25, 0.3) is 0 Å². The summed E-state index contributed by atoms with van der Waals surface area (Å²) in [4.78, 5) is 29.2. The van der Waals surface area contributed by atoms with Crippen LogP contribution in [0, 0.1) is 17.7 Å². The number of hydrogen-bond donors (Lipinski definition) is 1. The lowest BCUT2D eigenvalue weighted by Crippen LogP contribution is -2.34. The predicted molar refractivity (Wildman–Crippen MR) is 122 cm³/mol. The predicted octanol–water partition coefficient (Wildman–Crippen LogP) is 4.82. The number of rotatable bonds is 8. The molecule has 1 saturated carbocycles. The van der Waals surface area contributed by atoms with E-state index in [1.165, 1.54) is 12.1 Å². The lowest BCUT2D eigenvalue weighted by Gasteiger charge is -2.28. The Morgan fingerprint density at radius 1 is 1.06 bits per heavy atom. The number of carbonyl (C=O) groups is 2. The molecule has 3 rings (SSSR count). The van der Waals surface area contributed by atoms with Gasteiger partial charge >= 0.3 is 0 Å². The van der Waals surface area contributed by atoms with Gasteiger partial charge in [0.1, 0.15) is 5.82 Å². The van der Waals surface area contributed by atoms with Gasteiger partial charge in [0.05, 0.1) is 0 Å². The van der Waals surface area contributed by atoms with Gasteiger partial charge in [0, 0.05) is 50.4 Å². The average molecular weight is 426 g/mol. The van der Waals surface area contributed by atoms with E-state index >= 15 is 0 Å². The van der Waals surface area contributed by atoms with Crippen LogP contribution in [-0.2, 0) is 22.7 Å². The third kappa shape index (κ3) is 5.84. The minimum absolute atomic E-state index is 0.0259. The monoisotopic (exact) mass is 425 g/mol. The van der Waals surface area contributed by atoms with Crippen molar-refractivity contribution in [1.29, 1.82) is 0 Å². The summed E-state index contributed by atoms with van der Waals surface area (Å²) < 4.78 is 13.3. The van der Waals surface area contributed by atoms with Crippen LogP contribution in [0.5, 0.6) is 0 Å². The van der Waals surface area contributed by atoms with Crippen LogP contribution in [0.4, 0.5) is 15.8 Å². The first-order valence-corrected chi connectivity index (χ1v) is 10.9. The van der Waals surface area contributed by atoms with E-state index in [1.54, 1.807) is 17.0 Å². The summed E-state index contributed by atoms with van der Waals surface area (Å²) >= 11 is 0. The first kappa shape index (κ1) is 22.8. The lowest BCUT2D eigenvalue weighted by atomic mass is 9.85. The van der Waals surface area contributed by atoms with Crippen molar-refractivity contribution in [2.75, 3.05) is 24.3 Å². The normalized spacial score (nSPS) is 13.6. The smallest absolute Gasteiger partial charge is 0.227 e. The fourth-order valence-electron chi connectivity index (χ4n) is 3.73. The molecule has 0 atom stereocenters. The largest absolute Gasteiger partial charge is 0.377 e. The number of carbonyl (C=O) groups excluding carboxylic acids is 2. The number of nitrogens with zero attached hydrogens (tertiary/aromatic N) is 2. The van der Waals surface area contributed by atoms with E-state index in [0.29, 0.717) is 13.1 Å². The first-order chi connectivity index (χ1) is 14.7. The Balaban J connectivity index is 1.86. The van der Waals surface area contributed by atoms with E-state index < -0.39 is 0 Å². The molecule has 1 aliphatic rings. The van der Waals surface area contributed by atoms with Gasteiger partial charge in [0.15, 0.2) is 0 Å². The number of halogens is 1. The molecule has 2 amide bonds. The molecule has 5 nitrogen and oxygen atoms in total. The summed E-state index contributed by atoms with van der Waals surface area (Å²) in [6.45, 7) is 4.54. The molecule has 0 aliphatic heterocycles. The van der Waals surface area contributed by atoms with Crippen molar-refractivity contribution in [3.05, 3.63) is 59.4 Å². The lowest BCUT2D eigenvalue weighted by molar-refractivity contribution is -0.135. The highest BCUT2D eigenvalue weighted by Crippen LogP contribution is 2.30. The first-order valence-electron chi connectivity index (χ1n) is 10.9. The second-order valence-corrected chi connectivity index (χ2v) is 8.83. The summed E-state index contributed by atoms with van der Waals surface area (Å²) in [5, 5.41) is 3.03. The molecule has 0 heterocycles. The Hall–Kier alpha value is -2.89. The molecule has 0 unspecified atom stereocenters. The Kier molecular flexibility index (Phi) is 7.31. The highest BCUT2D eigenvalue weighted by atomic mass is 19.1. The maximum Gasteiger partial charge on any atom is 0.227 e. The Bertz CT molecular complexity index is 921. The fraction of sp³-hybridized carbons (Fsp3) is 0.440. The maximum absolute atomic E-state index is 13.3. The van der Waals surface area contributed by atoms with Crippen molar-refractivity contribution in [2.24, 2.45) is 11.8 Å². The van der Waals surface area contributed by atoms with Gasteiger partial charge in [-0.15, -0.1) is 0 Å². The molecule has 1 fully saturated rings. The van der Waals surface area contributed by atoms with Crippen molar-refractivity contribution < 1.29 is 14.0 Å². The molecule has 166 valence electrons. The van der Waals surface area contributed by atoms with Crippen molar-refractivity contribution in [2.45, 2.75) is 46.2 Å². The fourth-order valence-corrected chi connectivity index (χ4v) is 3.73. The van der Waals surface area contributed by atoms with Gasteiger partial charge in [0.2, 0.25) is 11.8 Å². The Morgan fingerprint density at radius 2 is 1.74 bits per heavy atom. The molecule has 0 spiro atoms. The average Bonchev–Trinajstić information content (AvgIpc) is 2.67. The molecule has 0 saturated heterocycles. The van der Waals surface area contributed by atoms with Crippen LogP contribution in [0.2, 0.25) is 0 Å². The number of amides is 2. The molecule has 6 heteroatoms. The van der Waals surface area contributed by atoms with Crippen LogP contribution in [-0.4, -0.2) is 30.8 Å². The highest BCUT2D eigenvalue weighted by Gasteiger charge is 2.25. The SMILES string of the molecule is CC(C)C(=O)N(Cc1ccc(F)cc1)Cc1cc(NC(=O)C2CCC2)ccc1N(C)C. The van der Waals surface area contributed by atoms with Crippen LogP contribution in [0.25, 0.3) is 0 Å². The summed E-state index contributed by atoms with van der Waals surface area (Å²) in [6, 6.07) is 12.1. The molecule has 0 bridgehead atoms. The summed E-state index contributed by atoms with van der Waals surface area (Å²) in [6.07, 6.45) is 3.00. The Labute approximate surface area is 184 Å². The van der Waals surface area contributed by atoms with Gasteiger partial charge in [-0.2, -0.15) is 0 Å². The molecule has 2 aromatic rings. The van der Waals surface area contributed by atoms with Crippen molar-refractivity contribution in [1.82, 2.24) is 4.90 Å². The molecule has 0 radical (unpaired) electrons. The molecular weight excluding hydrogens is 393 g/mol. The van der Waals surface area contributed by atoms with E-state index in [0.717, 1.165) is 41.8 Å². The zero-order chi connectivity index (χ0) is 22.5. The third-order valence-electron chi connectivity index (χ3n) is 5.76. The number of nitrogens with one attached hydrogen (secondary N) is 1. The van der Waals surface area contributed by atoms with E-state index in [-0.39, 0.29) is 29.5 Å². The van der Waals surface area contributed by atoms with Crippen molar-refractivity contribution in [3.63, 3.8) is 0 Å². The number of benzene rings is 2. The van der Waals surface area contributed by atoms with Gasteiger partial charge in [-0.05, 0) is 54.3 Å². The Morgan fingerprint density at radius 3 is 2.29 bits per heavy atom. The van der Waals surface area contributed by atoms with E-state index in [1.807, 2.05) is 51.0 Å². The van der Waals surface area contributed by atoms with E-state index in [4.69, 9.17) is 0 Å². The molecule has 1 N–H and O–H groups in total. The zero-order valence-corrected chi connectivity index (χ0v) is 18.8. The van der Waals surface area contributed by atoms with Crippen LogP contribution in [0.3, 0.4) is 0 Å². The second kappa shape index (κ2) is 9.94. The zero-order valence-electron chi connectivity index (χ0n) is 18.8. The summed E-state index contributed by atoms with van der Waals surface area (Å²) in [5.74, 6) is -0.260.